The van der Waals surface area contributed by atoms with Gasteiger partial charge in [0.05, 0.1) is 0 Å². The number of nitrogens with zero attached hydrogens (tertiary/aromatic N) is 3. The van der Waals surface area contributed by atoms with Gasteiger partial charge in [0.2, 0.25) is 0 Å². The van der Waals surface area contributed by atoms with Crippen LogP contribution in [0.5, 0.6) is 0 Å². The van der Waals surface area contributed by atoms with Crippen LogP contribution in [-0.4, -0.2) is 67.0 Å². The number of hydrogen-bond donors (Lipinski definition) is 1. The van der Waals surface area contributed by atoms with E-state index >= 15 is 0 Å². The summed E-state index contributed by atoms with van der Waals surface area (Å²) in [6.07, 6.45) is 2.73. The summed E-state index contributed by atoms with van der Waals surface area (Å²) in [7, 11) is 2.23. The predicted molar refractivity (Wildman–Crippen MR) is 81.0 cm³/mol. The highest BCUT2D eigenvalue weighted by molar-refractivity contribution is 7.77. The van der Waals surface area contributed by atoms with Crippen LogP contribution in [0.1, 0.15) is 26.7 Å². The van der Waals surface area contributed by atoms with Gasteiger partial charge in [-0.15, -0.1) is 0 Å². The fourth-order valence-corrected chi connectivity index (χ4v) is 4.12. The topological polar surface area (TPSA) is 9.72 Å². The number of rotatable bonds is 3. The number of hydrogen-bond acceptors (Lipinski definition) is 4. The molecule has 0 bridgehead atoms. The summed E-state index contributed by atoms with van der Waals surface area (Å²) in [4.78, 5) is 5.08. The predicted octanol–water partition coefficient (Wildman–Crippen LogP) is 1.82. The van der Waals surface area contributed by atoms with Gasteiger partial charge in [0.15, 0.2) is 0 Å². The number of thiol groups is 1. The second-order valence-corrected chi connectivity index (χ2v) is 6.80. The van der Waals surface area contributed by atoms with Crippen molar-refractivity contribution < 1.29 is 0 Å². The molecule has 3 nitrogen and oxygen atoms in total. The van der Waals surface area contributed by atoms with Gasteiger partial charge in [-0.3, -0.25) is 4.31 Å². The van der Waals surface area contributed by atoms with E-state index in [4.69, 9.17) is 0 Å². The van der Waals surface area contributed by atoms with Crippen LogP contribution in [0.3, 0.4) is 0 Å². The van der Waals surface area contributed by atoms with Crippen LogP contribution in [0, 0.1) is 11.3 Å². The van der Waals surface area contributed by atoms with E-state index in [0.29, 0.717) is 5.41 Å². The second kappa shape index (κ2) is 6.12. The van der Waals surface area contributed by atoms with E-state index in [1.54, 1.807) is 0 Å². The molecule has 3 aliphatic heterocycles. The summed E-state index contributed by atoms with van der Waals surface area (Å²) >= 11 is 4.41. The molecule has 1 atom stereocenters. The lowest BCUT2D eigenvalue weighted by atomic mass is 9.73. The third-order valence-corrected chi connectivity index (χ3v) is 4.81. The van der Waals surface area contributed by atoms with E-state index in [2.05, 4.69) is 34.0 Å². The van der Waals surface area contributed by atoms with Crippen LogP contribution >= 0.6 is 12.8 Å². The Kier molecular flexibility index (Phi) is 4.98. The first-order chi connectivity index (χ1) is 8.65. The standard InChI is InChI=1S/C12H23N3S.C2H6/c1-13-7-12(8-13)9-14(10-12)4-2-11-3-5-15(16)6-11;1-2/h11,16H,2-10H2,1H3;1-2H3. The Hall–Kier alpha value is 0.230. The van der Waals surface area contributed by atoms with Gasteiger partial charge in [0.1, 0.15) is 0 Å². The highest BCUT2D eigenvalue weighted by atomic mass is 32.1. The number of likely N-dealkylation sites (tertiary alicyclic amines) is 2. The molecule has 0 N–H and O–H groups in total. The maximum Gasteiger partial charge on any atom is 0.0212 e. The zero-order valence-corrected chi connectivity index (χ0v) is 13.1. The first kappa shape index (κ1) is 14.6. The Balaban J connectivity index is 0.000000574. The van der Waals surface area contributed by atoms with Crippen molar-refractivity contribution in [1.29, 1.82) is 0 Å². The average molecular weight is 271 g/mol. The summed E-state index contributed by atoms with van der Waals surface area (Å²) in [6, 6.07) is 0. The maximum absolute atomic E-state index is 4.41. The van der Waals surface area contributed by atoms with Crippen molar-refractivity contribution in [1.82, 2.24) is 14.1 Å². The van der Waals surface area contributed by atoms with Crippen molar-refractivity contribution >= 4 is 12.8 Å². The van der Waals surface area contributed by atoms with Crippen LogP contribution in [0.25, 0.3) is 0 Å². The molecule has 18 heavy (non-hydrogen) atoms. The van der Waals surface area contributed by atoms with E-state index < -0.39 is 0 Å². The first-order valence-electron chi connectivity index (χ1n) is 7.50. The molecule has 3 rings (SSSR count). The molecule has 3 fully saturated rings. The lowest BCUT2D eigenvalue weighted by Gasteiger charge is -2.60. The molecule has 0 saturated carbocycles. The Morgan fingerprint density at radius 2 is 1.83 bits per heavy atom. The quantitative estimate of drug-likeness (QED) is 0.785. The van der Waals surface area contributed by atoms with Crippen LogP contribution in [0.15, 0.2) is 0 Å². The highest BCUT2D eigenvalue weighted by Gasteiger charge is 2.49. The lowest BCUT2D eigenvalue weighted by molar-refractivity contribution is -0.105. The molecular weight excluding hydrogens is 242 g/mol. The fourth-order valence-electron chi connectivity index (χ4n) is 3.77. The van der Waals surface area contributed by atoms with Crippen molar-refractivity contribution in [2.75, 3.05) is 52.9 Å². The summed E-state index contributed by atoms with van der Waals surface area (Å²) in [5, 5.41) is 0. The van der Waals surface area contributed by atoms with Gasteiger partial charge in [0, 0.05) is 44.7 Å². The van der Waals surface area contributed by atoms with E-state index in [-0.39, 0.29) is 0 Å². The first-order valence-corrected chi connectivity index (χ1v) is 7.90. The maximum atomic E-state index is 4.41. The smallest absolute Gasteiger partial charge is 0.0212 e. The molecule has 106 valence electrons. The molecule has 3 saturated heterocycles. The molecule has 0 aromatic rings. The molecule has 1 unspecified atom stereocenters. The fraction of sp³-hybridized carbons (Fsp3) is 1.00. The van der Waals surface area contributed by atoms with Crippen LogP contribution in [0.4, 0.5) is 0 Å². The van der Waals surface area contributed by atoms with Crippen LogP contribution in [-0.2, 0) is 0 Å². The van der Waals surface area contributed by atoms with Gasteiger partial charge < -0.3 is 9.80 Å². The van der Waals surface area contributed by atoms with Crippen molar-refractivity contribution in [3.05, 3.63) is 0 Å². The molecule has 3 heterocycles. The van der Waals surface area contributed by atoms with E-state index in [1.165, 1.54) is 58.7 Å². The van der Waals surface area contributed by atoms with Gasteiger partial charge in [-0.05, 0) is 32.4 Å². The minimum absolute atomic E-state index is 0.708. The Labute approximate surface area is 118 Å². The zero-order valence-electron chi connectivity index (χ0n) is 12.2. The monoisotopic (exact) mass is 271 g/mol. The van der Waals surface area contributed by atoms with Crippen LogP contribution in [0.2, 0.25) is 0 Å². The van der Waals surface area contributed by atoms with E-state index in [1.807, 2.05) is 13.8 Å². The third kappa shape index (κ3) is 3.21. The summed E-state index contributed by atoms with van der Waals surface area (Å²) in [6.45, 7) is 13.1. The zero-order chi connectivity index (χ0) is 13.2. The van der Waals surface area contributed by atoms with Crippen molar-refractivity contribution in [3.8, 4) is 0 Å². The molecule has 4 heteroatoms. The van der Waals surface area contributed by atoms with E-state index in [9.17, 15) is 0 Å². The van der Waals surface area contributed by atoms with Crippen molar-refractivity contribution in [3.63, 3.8) is 0 Å². The average Bonchev–Trinajstić information content (AvgIpc) is 2.69. The molecule has 1 spiro atoms. The minimum atomic E-state index is 0.708. The SMILES string of the molecule is CC.CN1CC2(C1)CN(CCC1CCN(S)C1)C2. The summed E-state index contributed by atoms with van der Waals surface area (Å²) in [5.74, 6) is 0.901. The lowest BCUT2D eigenvalue weighted by Crippen LogP contribution is -2.71. The Morgan fingerprint density at radius 1 is 1.17 bits per heavy atom. The summed E-state index contributed by atoms with van der Waals surface area (Å²) < 4.78 is 2.17. The largest absolute Gasteiger partial charge is 0.305 e. The molecule has 0 aliphatic carbocycles. The van der Waals surface area contributed by atoms with Crippen molar-refractivity contribution in [2.24, 2.45) is 11.3 Å². The molecule has 3 aliphatic rings. The van der Waals surface area contributed by atoms with Crippen molar-refractivity contribution in [2.45, 2.75) is 26.7 Å². The molecule has 0 radical (unpaired) electrons. The molecule has 0 aromatic heterocycles. The van der Waals surface area contributed by atoms with Crippen LogP contribution < -0.4 is 0 Å². The van der Waals surface area contributed by atoms with Gasteiger partial charge in [-0.2, -0.15) is 0 Å². The minimum Gasteiger partial charge on any atom is -0.305 e. The van der Waals surface area contributed by atoms with E-state index in [0.717, 1.165) is 5.92 Å². The Morgan fingerprint density at radius 3 is 2.33 bits per heavy atom. The highest BCUT2D eigenvalue weighted by Crippen LogP contribution is 2.38. The Bertz CT molecular complexity index is 258. The molecule has 0 aromatic carbocycles. The molecular formula is C14H29N3S. The van der Waals surface area contributed by atoms with Gasteiger partial charge in [-0.25, -0.2) is 0 Å². The van der Waals surface area contributed by atoms with Gasteiger partial charge in [0.25, 0.3) is 0 Å². The second-order valence-electron chi connectivity index (χ2n) is 6.24. The third-order valence-electron chi connectivity index (χ3n) is 4.45. The molecule has 0 amide bonds. The van der Waals surface area contributed by atoms with Gasteiger partial charge >= 0.3 is 0 Å². The normalized spacial score (nSPS) is 31.7. The van der Waals surface area contributed by atoms with Gasteiger partial charge in [-0.1, -0.05) is 26.7 Å². The summed E-state index contributed by atoms with van der Waals surface area (Å²) in [5.41, 5.74) is 0.708.